The summed E-state index contributed by atoms with van der Waals surface area (Å²) in [6.07, 6.45) is 1.13. The number of nitrogens with one attached hydrogen (secondary N) is 2. The van der Waals surface area contributed by atoms with E-state index in [4.69, 9.17) is 4.74 Å². The first kappa shape index (κ1) is 14.5. The molecule has 0 radical (unpaired) electrons. The molecule has 2 heterocycles. The van der Waals surface area contributed by atoms with Crippen LogP contribution >= 0.6 is 0 Å². The van der Waals surface area contributed by atoms with Crippen LogP contribution in [0.4, 0.5) is 4.39 Å². The number of aromatic nitrogens is 3. The number of halogens is 1. The lowest BCUT2D eigenvalue weighted by molar-refractivity contribution is 0.402. The van der Waals surface area contributed by atoms with Gasteiger partial charge in [-0.15, -0.1) is 5.10 Å². The Morgan fingerprint density at radius 1 is 1.35 bits per heavy atom. The first-order valence-corrected chi connectivity index (χ1v) is 6.43. The Balaban J connectivity index is 2.19. The molecule has 0 unspecified atom stereocenters. The average molecular weight is 278 g/mol. The lowest BCUT2D eigenvalue weighted by atomic mass is 10.1. The zero-order chi connectivity index (χ0) is 14.8. The molecule has 0 aliphatic carbocycles. The van der Waals surface area contributed by atoms with Crippen LogP contribution in [-0.2, 0) is 6.54 Å². The van der Waals surface area contributed by atoms with Crippen LogP contribution in [0.2, 0.25) is 0 Å². The molecule has 2 aromatic heterocycles. The summed E-state index contributed by atoms with van der Waals surface area (Å²) in [6, 6.07) is 3.17. The first-order chi connectivity index (χ1) is 9.33. The summed E-state index contributed by atoms with van der Waals surface area (Å²) in [5.41, 5.74) is 1.46. The van der Waals surface area contributed by atoms with Crippen LogP contribution < -0.4 is 10.1 Å². The molecule has 6 heteroatoms. The van der Waals surface area contributed by atoms with Crippen LogP contribution in [-0.4, -0.2) is 20.7 Å². The number of hydrogen-bond acceptors (Lipinski definition) is 4. The molecule has 5 nitrogen and oxygen atoms in total. The zero-order valence-electron chi connectivity index (χ0n) is 12.1. The van der Waals surface area contributed by atoms with E-state index in [2.05, 4.69) is 20.5 Å². The van der Waals surface area contributed by atoms with Crippen molar-refractivity contribution in [2.45, 2.75) is 39.8 Å². The summed E-state index contributed by atoms with van der Waals surface area (Å²) in [7, 11) is 0. The van der Waals surface area contributed by atoms with Gasteiger partial charge in [-0.1, -0.05) is 0 Å². The molecule has 0 fully saturated rings. The Kier molecular flexibility index (Phi) is 4.04. The normalized spacial score (nSPS) is 11.7. The van der Waals surface area contributed by atoms with E-state index in [1.807, 2.05) is 27.7 Å². The van der Waals surface area contributed by atoms with Crippen molar-refractivity contribution in [1.82, 2.24) is 20.5 Å². The maximum absolute atomic E-state index is 13.3. The fourth-order valence-electron chi connectivity index (χ4n) is 1.59. The molecule has 0 aliphatic rings. The van der Waals surface area contributed by atoms with Crippen LogP contribution in [0.25, 0.3) is 0 Å². The second-order valence-corrected chi connectivity index (χ2v) is 5.71. The monoisotopic (exact) mass is 278 g/mol. The van der Waals surface area contributed by atoms with E-state index in [0.717, 1.165) is 11.9 Å². The second kappa shape index (κ2) is 5.58. The van der Waals surface area contributed by atoms with Gasteiger partial charge in [-0.2, -0.15) is 0 Å². The maximum Gasteiger partial charge on any atom is 0.240 e. The third-order valence-electron chi connectivity index (χ3n) is 2.58. The lowest BCUT2D eigenvalue weighted by Crippen LogP contribution is -2.35. The highest BCUT2D eigenvalue weighted by molar-refractivity contribution is 5.30. The van der Waals surface area contributed by atoms with Crippen molar-refractivity contribution in [2.75, 3.05) is 0 Å². The summed E-state index contributed by atoms with van der Waals surface area (Å²) in [5.74, 6) is 0.384. The fraction of sp³-hybridized carbons (Fsp3) is 0.429. The van der Waals surface area contributed by atoms with Gasteiger partial charge in [0.2, 0.25) is 11.8 Å². The molecule has 2 rings (SSSR count). The number of rotatable bonds is 4. The molecule has 0 aromatic carbocycles. The van der Waals surface area contributed by atoms with Gasteiger partial charge < -0.3 is 10.1 Å². The highest BCUT2D eigenvalue weighted by Gasteiger charge is 2.14. The van der Waals surface area contributed by atoms with Gasteiger partial charge in [0, 0.05) is 29.4 Å². The van der Waals surface area contributed by atoms with Gasteiger partial charge in [0.25, 0.3) is 0 Å². The number of nitrogens with zero attached hydrogens (tertiary/aromatic N) is 2. The Morgan fingerprint density at radius 2 is 2.10 bits per heavy atom. The van der Waals surface area contributed by atoms with Crippen LogP contribution in [0.3, 0.4) is 0 Å². The summed E-state index contributed by atoms with van der Waals surface area (Å²) in [4.78, 5) is 3.99. The van der Waals surface area contributed by atoms with Gasteiger partial charge in [0.05, 0.1) is 6.20 Å². The molecule has 0 amide bonds. The van der Waals surface area contributed by atoms with Crippen LogP contribution in [0.15, 0.2) is 18.3 Å². The number of aromatic amines is 1. The van der Waals surface area contributed by atoms with Crippen molar-refractivity contribution in [3.63, 3.8) is 0 Å². The highest BCUT2D eigenvalue weighted by atomic mass is 19.1. The van der Waals surface area contributed by atoms with Crippen molar-refractivity contribution in [3.8, 4) is 11.8 Å². The lowest BCUT2D eigenvalue weighted by Gasteiger charge is -2.21. The van der Waals surface area contributed by atoms with Crippen LogP contribution in [0.1, 0.15) is 32.0 Å². The van der Waals surface area contributed by atoms with Gasteiger partial charge in [0.15, 0.2) is 0 Å². The minimum Gasteiger partial charge on any atom is -0.419 e. The number of H-pyrrole nitrogens is 1. The van der Waals surface area contributed by atoms with Crippen LogP contribution in [0.5, 0.6) is 11.8 Å². The minimum atomic E-state index is -0.388. The molecule has 0 saturated heterocycles. The number of pyridine rings is 1. The molecule has 0 atom stereocenters. The molecule has 2 aromatic rings. The predicted molar refractivity (Wildman–Crippen MR) is 74.2 cm³/mol. The number of aryl methyl sites for hydroxylation is 1. The fourth-order valence-corrected chi connectivity index (χ4v) is 1.59. The Morgan fingerprint density at radius 3 is 2.70 bits per heavy atom. The van der Waals surface area contributed by atoms with Gasteiger partial charge in [-0.25, -0.2) is 9.37 Å². The quantitative estimate of drug-likeness (QED) is 0.902. The van der Waals surface area contributed by atoms with Crippen molar-refractivity contribution in [1.29, 1.82) is 0 Å². The average Bonchev–Trinajstić information content (AvgIpc) is 2.74. The van der Waals surface area contributed by atoms with E-state index in [1.54, 1.807) is 6.07 Å². The van der Waals surface area contributed by atoms with Gasteiger partial charge in [-0.05, 0) is 33.8 Å². The molecule has 0 bridgehead atoms. The van der Waals surface area contributed by atoms with Crippen LogP contribution in [0, 0.1) is 12.7 Å². The SMILES string of the molecule is Cc1cc(Oc2ncc(F)cc2CNC(C)(C)C)n[nH]1. The molecule has 20 heavy (non-hydrogen) atoms. The summed E-state index contributed by atoms with van der Waals surface area (Å²) < 4.78 is 18.9. The smallest absolute Gasteiger partial charge is 0.240 e. The second-order valence-electron chi connectivity index (χ2n) is 5.71. The minimum absolute atomic E-state index is 0.0769. The van der Waals surface area contributed by atoms with Gasteiger partial charge >= 0.3 is 0 Å². The topological polar surface area (TPSA) is 62.8 Å². The van der Waals surface area contributed by atoms with Gasteiger partial charge in [0.1, 0.15) is 5.82 Å². The third kappa shape index (κ3) is 4.03. The summed E-state index contributed by atoms with van der Waals surface area (Å²) >= 11 is 0. The highest BCUT2D eigenvalue weighted by Crippen LogP contribution is 2.23. The molecular weight excluding hydrogens is 259 g/mol. The van der Waals surface area contributed by atoms with E-state index in [0.29, 0.717) is 23.9 Å². The van der Waals surface area contributed by atoms with E-state index in [1.165, 1.54) is 6.07 Å². The standard InChI is InChI=1S/C14H19FN4O/c1-9-5-12(19-18-9)20-13-10(6-11(15)8-16-13)7-17-14(2,3)4/h5-6,8,17H,7H2,1-4H3,(H,18,19). The van der Waals surface area contributed by atoms with E-state index < -0.39 is 0 Å². The van der Waals surface area contributed by atoms with E-state index in [-0.39, 0.29) is 11.4 Å². The Hall–Kier alpha value is -1.95. The van der Waals surface area contributed by atoms with Crippen molar-refractivity contribution in [3.05, 3.63) is 35.4 Å². The first-order valence-electron chi connectivity index (χ1n) is 6.43. The molecule has 0 saturated carbocycles. The number of ether oxygens (including phenoxy) is 1. The molecule has 108 valence electrons. The van der Waals surface area contributed by atoms with E-state index in [9.17, 15) is 4.39 Å². The maximum atomic E-state index is 13.3. The molecular formula is C14H19FN4O. The van der Waals surface area contributed by atoms with E-state index >= 15 is 0 Å². The Bertz CT molecular complexity index is 589. The zero-order valence-corrected chi connectivity index (χ0v) is 12.1. The Labute approximate surface area is 117 Å². The number of hydrogen-bond donors (Lipinski definition) is 2. The molecule has 0 spiro atoms. The van der Waals surface area contributed by atoms with Crippen molar-refractivity contribution < 1.29 is 9.13 Å². The molecule has 2 N–H and O–H groups in total. The predicted octanol–water partition coefficient (Wildman–Crippen LogP) is 2.93. The van der Waals surface area contributed by atoms with Crippen molar-refractivity contribution in [2.24, 2.45) is 0 Å². The third-order valence-corrected chi connectivity index (χ3v) is 2.58. The van der Waals surface area contributed by atoms with Gasteiger partial charge in [-0.3, -0.25) is 5.10 Å². The molecule has 0 aliphatic heterocycles. The summed E-state index contributed by atoms with van der Waals surface area (Å²) in [5, 5.41) is 10.0. The largest absolute Gasteiger partial charge is 0.419 e. The van der Waals surface area contributed by atoms with Crippen molar-refractivity contribution >= 4 is 0 Å². The summed E-state index contributed by atoms with van der Waals surface area (Å²) in [6.45, 7) is 8.46.